The molecule has 3 rings (SSSR count). The van der Waals surface area contributed by atoms with Crippen LogP contribution in [0.3, 0.4) is 0 Å². The molecular formula is C22H25ClN2O5S. The van der Waals surface area contributed by atoms with Gasteiger partial charge in [-0.15, -0.1) is 11.3 Å². The van der Waals surface area contributed by atoms with Gasteiger partial charge in [-0.05, 0) is 56.5 Å². The lowest BCUT2D eigenvalue weighted by Gasteiger charge is -2.31. The van der Waals surface area contributed by atoms with Crippen molar-refractivity contribution in [3.8, 4) is 5.75 Å². The van der Waals surface area contributed by atoms with Gasteiger partial charge in [-0.2, -0.15) is 0 Å². The highest BCUT2D eigenvalue weighted by Gasteiger charge is 2.29. The molecule has 0 bridgehead atoms. The first-order valence-corrected chi connectivity index (χ1v) is 11.2. The van der Waals surface area contributed by atoms with E-state index in [4.69, 9.17) is 21.1 Å². The fourth-order valence-electron chi connectivity index (χ4n) is 3.53. The van der Waals surface area contributed by atoms with E-state index in [-0.39, 0.29) is 23.7 Å². The van der Waals surface area contributed by atoms with E-state index in [1.807, 2.05) is 6.92 Å². The summed E-state index contributed by atoms with van der Waals surface area (Å²) in [5.41, 5.74) is 1.19. The first kappa shape index (κ1) is 23.1. The Hall–Kier alpha value is -2.58. The average Bonchev–Trinajstić information content (AvgIpc) is 3.13. The number of hydrogen-bond acceptors (Lipinski definition) is 6. The van der Waals surface area contributed by atoms with E-state index in [0.717, 1.165) is 5.56 Å². The predicted molar refractivity (Wildman–Crippen MR) is 120 cm³/mol. The first-order valence-electron chi connectivity index (χ1n) is 10.0. The van der Waals surface area contributed by atoms with E-state index in [9.17, 15) is 14.4 Å². The van der Waals surface area contributed by atoms with E-state index in [0.29, 0.717) is 58.8 Å². The van der Waals surface area contributed by atoms with Crippen molar-refractivity contribution in [2.24, 2.45) is 5.92 Å². The Bertz CT molecular complexity index is 982. The summed E-state index contributed by atoms with van der Waals surface area (Å²) in [6, 6.07) is 6.72. The average molecular weight is 465 g/mol. The number of benzene rings is 1. The van der Waals surface area contributed by atoms with Crippen LogP contribution in [0.25, 0.3) is 0 Å². The molecule has 7 nitrogen and oxygen atoms in total. The maximum Gasteiger partial charge on any atom is 0.348 e. The highest BCUT2D eigenvalue weighted by molar-refractivity contribution is 7.18. The lowest BCUT2D eigenvalue weighted by molar-refractivity contribution is -0.121. The van der Waals surface area contributed by atoms with Gasteiger partial charge in [0, 0.05) is 24.0 Å². The Labute approximate surface area is 190 Å². The number of hydrogen-bond donors (Lipinski definition) is 1. The van der Waals surface area contributed by atoms with Crippen LogP contribution in [-0.2, 0) is 9.53 Å². The number of ether oxygens (including phenoxy) is 2. The molecule has 166 valence electrons. The maximum atomic E-state index is 12.9. The van der Waals surface area contributed by atoms with Gasteiger partial charge in [0.2, 0.25) is 5.91 Å². The van der Waals surface area contributed by atoms with Crippen LogP contribution >= 0.6 is 22.9 Å². The van der Waals surface area contributed by atoms with Crippen molar-refractivity contribution < 1.29 is 23.9 Å². The van der Waals surface area contributed by atoms with Crippen molar-refractivity contribution in [2.75, 3.05) is 32.1 Å². The number of carbonyl (C=O) groups excluding carboxylic acids is 3. The summed E-state index contributed by atoms with van der Waals surface area (Å²) in [7, 11) is 1.51. The van der Waals surface area contributed by atoms with Crippen molar-refractivity contribution in [3.05, 3.63) is 45.3 Å². The molecule has 1 aromatic heterocycles. The molecule has 1 aromatic carbocycles. The lowest BCUT2D eigenvalue weighted by atomic mass is 9.95. The largest absolute Gasteiger partial charge is 0.496 e. The molecule has 0 unspecified atom stereocenters. The highest BCUT2D eigenvalue weighted by atomic mass is 35.5. The number of rotatable bonds is 6. The van der Waals surface area contributed by atoms with E-state index >= 15 is 0 Å². The van der Waals surface area contributed by atoms with E-state index < -0.39 is 0 Å². The summed E-state index contributed by atoms with van der Waals surface area (Å²) >= 11 is 7.25. The molecule has 0 aliphatic carbocycles. The summed E-state index contributed by atoms with van der Waals surface area (Å²) in [6.45, 7) is 4.79. The number of methoxy groups -OCH3 is 1. The minimum atomic E-state index is -0.381. The van der Waals surface area contributed by atoms with Gasteiger partial charge in [-0.25, -0.2) is 4.79 Å². The summed E-state index contributed by atoms with van der Waals surface area (Å²) in [6.07, 6.45) is 1.10. The third-order valence-electron chi connectivity index (χ3n) is 5.17. The molecule has 1 fully saturated rings. The van der Waals surface area contributed by atoms with Gasteiger partial charge in [-0.1, -0.05) is 11.6 Å². The Morgan fingerprint density at radius 3 is 2.58 bits per heavy atom. The van der Waals surface area contributed by atoms with Crippen LogP contribution in [0.15, 0.2) is 24.3 Å². The van der Waals surface area contributed by atoms with Crippen LogP contribution in [-0.4, -0.2) is 49.5 Å². The van der Waals surface area contributed by atoms with Gasteiger partial charge >= 0.3 is 5.97 Å². The molecule has 1 saturated heterocycles. The molecule has 0 spiro atoms. The number of halogens is 1. The van der Waals surface area contributed by atoms with Crippen LogP contribution < -0.4 is 10.1 Å². The van der Waals surface area contributed by atoms with Gasteiger partial charge in [0.1, 0.15) is 10.6 Å². The summed E-state index contributed by atoms with van der Waals surface area (Å²) in [5, 5.41) is 3.99. The van der Waals surface area contributed by atoms with Crippen LogP contribution in [0.4, 0.5) is 5.00 Å². The van der Waals surface area contributed by atoms with Crippen molar-refractivity contribution in [1.82, 2.24) is 4.90 Å². The molecule has 31 heavy (non-hydrogen) atoms. The van der Waals surface area contributed by atoms with Crippen LogP contribution in [0, 0.1) is 12.8 Å². The Kier molecular flexibility index (Phi) is 7.56. The predicted octanol–water partition coefficient (Wildman–Crippen LogP) is 4.39. The number of anilines is 1. The van der Waals surface area contributed by atoms with Gasteiger partial charge in [0.15, 0.2) is 0 Å². The quantitative estimate of drug-likeness (QED) is 0.641. The summed E-state index contributed by atoms with van der Waals surface area (Å²) < 4.78 is 10.3. The second kappa shape index (κ2) is 10.2. The van der Waals surface area contributed by atoms with Gasteiger partial charge in [0.25, 0.3) is 5.91 Å². The zero-order valence-electron chi connectivity index (χ0n) is 17.7. The standard InChI is InChI=1S/C22H25ClN2O5S/c1-4-30-22(28)19-13(2)11-18(31-19)24-20(26)14-7-9-25(10-8-14)21(27)16-12-15(23)5-6-17(16)29-3/h5-6,11-12,14H,4,7-10H2,1-3H3,(H,24,26). The smallest absolute Gasteiger partial charge is 0.348 e. The Balaban J connectivity index is 1.59. The number of carbonyl (C=O) groups is 3. The van der Waals surface area contributed by atoms with Crippen molar-refractivity contribution in [2.45, 2.75) is 26.7 Å². The highest BCUT2D eigenvalue weighted by Crippen LogP contribution is 2.30. The number of nitrogens with zero attached hydrogens (tertiary/aromatic N) is 1. The summed E-state index contributed by atoms with van der Waals surface area (Å²) in [5.74, 6) is -0.387. The monoisotopic (exact) mass is 464 g/mol. The Morgan fingerprint density at radius 2 is 1.94 bits per heavy atom. The SMILES string of the molecule is CCOC(=O)c1sc(NC(=O)C2CCN(C(=O)c3cc(Cl)ccc3OC)CC2)cc1C. The van der Waals surface area contributed by atoms with Crippen LogP contribution in [0.5, 0.6) is 5.75 Å². The summed E-state index contributed by atoms with van der Waals surface area (Å²) in [4.78, 5) is 39.8. The number of nitrogens with one attached hydrogen (secondary N) is 1. The van der Waals surface area contributed by atoms with Crippen LogP contribution in [0.2, 0.25) is 5.02 Å². The second-order valence-corrected chi connectivity index (χ2v) is 8.73. The molecule has 2 heterocycles. The first-order chi connectivity index (χ1) is 14.8. The molecule has 0 saturated carbocycles. The molecule has 0 atom stereocenters. The molecule has 1 aliphatic heterocycles. The van der Waals surface area contributed by atoms with Gasteiger partial charge in [-0.3, -0.25) is 9.59 Å². The fraction of sp³-hybridized carbons (Fsp3) is 0.409. The Morgan fingerprint density at radius 1 is 1.23 bits per heavy atom. The molecule has 1 aliphatic rings. The number of likely N-dealkylation sites (tertiary alicyclic amines) is 1. The zero-order valence-corrected chi connectivity index (χ0v) is 19.3. The molecule has 9 heteroatoms. The number of thiophene rings is 1. The normalized spacial score (nSPS) is 14.3. The maximum absolute atomic E-state index is 12.9. The minimum absolute atomic E-state index is 0.107. The zero-order chi connectivity index (χ0) is 22.5. The molecule has 0 radical (unpaired) electrons. The van der Waals surface area contributed by atoms with Crippen molar-refractivity contribution in [1.29, 1.82) is 0 Å². The third kappa shape index (κ3) is 5.37. The number of esters is 1. The third-order valence-corrected chi connectivity index (χ3v) is 6.54. The van der Waals surface area contributed by atoms with E-state index in [1.165, 1.54) is 18.4 Å². The topological polar surface area (TPSA) is 84.9 Å². The van der Waals surface area contributed by atoms with Crippen molar-refractivity contribution in [3.63, 3.8) is 0 Å². The van der Waals surface area contributed by atoms with Gasteiger partial charge in [0.05, 0.1) is 24.3 Å². The molecule has 1 N–H and O–H groups in total. The second-order valence-electron chi connectivity index (χ2n) is 7.24. The lowest BCUT2D eigenvalue weighted by Crippen LogP contribution is -2.41. The minimum Gasteiger partial charge on any atom is -0.496 e. The number of aryl methyl sites for hydroxylation is 1. The fourth-order valence-corrected chi connectivity index (χ4v) is 4.67. The van der Waals surface area contributed by atoms with E-state index in [2.05, 4.69) is 5.32 Å². The molecular weight excluding hydrogens is 440 g/mol. The molecule has 2 amide bonds. The number of amides is 2. The van der Waals surface area contributed by atoms with Gasteiger partial charge < -0.3 is 19.7 Å². The van der Waals surface area contributed by atoms with E-state index in [1.54, 1.807) is 36.1 Å². The number of piperidine rings is 1. The van der Waals surface area contributed by atoms with Crippen molar-refractivity contribution >= 4 is 45.7 Å². The van der Waals surface area contributed by atoms with Crippen LogP contribution in [0.1, 0.15) is 45.4 Å². The molecule has 2 aromatic rings.